The van der Waals surface area contributed by atoms with Crippen LogP contribution < -0.4 is 5.32 Å². The van der Waals surface area contributed by atoms with Gasteiger partial charge in [-0.1, -0.05) is 20.8 Å². The van der Waals surface area contributed by atoms with Crippen molar-refractivity contribution in [2.45, 2.75) is 33.2 Å². The van der Waals surface area contributed by atoms with Crippen LogP contribution in [0.4, 0.5) is 0 Å². The molecule has 0 bridgehead atoms. The zero-order valence-electron chi connectivity index (χ0n) is 11.4. The minimum atomic E-state index is -0.236. The first-order valence-electron chi connectivity index (χ1n) is 6.16. The van der Waals surface area contributed by atoms with E-state index >= 15 is 0 Å². The lowest BCUT2D eigenvalue weighted by molar-refractivity contribution is 0.0884. The van der Waals surface area contributed by atoms with E-state index in [0.717, 1.165) is 0 Å². The van der Waals surface area contributed by atoms with E-state index in [2.05, 4.69) is 5.32 Å². The first-order valence-corrected chi connectivity index (χ1v) is 7.24. The number of carbonyl (C=O) groups excluding carboxylic acids is 1. The molecule has 0 saturated carbocycles. The Hall–Kier alpha value is -0.820. The second-order valence-electron chi connectivity index (χ2n) is 5.57. The van der Waals surface area contributed by atoms with E-state index in [9.17, 15) is 9.90 Å². The Morgan fingerprint density at radius 1 is 1.42 bits per heavy atom. The van der Waals surface area contributed by atoms with E-state index in [1.165, 1.54) is 6.07 Å². The third-order valence-electron chi connectivity index (χ3n) is 2.98. The minimum absolute atomic E-state index is 0.0279. The van der Waals surface area contributed by atoms with E-state index in [-0.39, 0.29) is 29.7 Å². The Bertz CT molecular complexity index is 454. The van der Waals surface area contributed by atoms with Gasteiger partial charge in [0.1, 0.15) is 5.75 Å². The quantitative estimate of drug-likeness (QED) is 0.707. The van der Waals surface area contributed by atoms with E-state index in [1.54, 1.807) is 12.1 Å². The highest BCUT2D eigenvalue weighted by Gasteiger charge is 2.26. The maximum absolute atomic E-state index is 12.1. The van der Waals surface area contributed by atoms with Crippen molar-refractivity contribution in [2.24, 2.45) is 5.41 Å². The summed E-state index contributed by atoms with van der Waals surface area (Å²) in [6, 6.07) is 4.71. The Morgan fingerprint density at radius 2 is 2.05 bits per heavy atom. The third kappa shape index (κ3) is 4.65. The molecule has 1 amide bonds. The number of hydrogen-bond acceptors (Lipinski definition) is 3. The molecule has 1 rings (SSSR count). The summed E-state index contributed by atoms with van der Waals surface area (Å²) in [5, 5.41) is 21.6. The number of aliphatic hydroxyl groups excluding tert-OH is 1. The van der Waals surface area contributed by atoms with Gasteiger partial charge in [0.2, 0.25) is 0 Å². The number of benzene rings is 1. The van der Waals surface area contributed by atoms with Gasteiger partial charge in [-0.2, -0.15) is 0 Å². The SMILES string of the molecule is CC(C)(C)C(CCO)NC(=O)c1ccc(I)c(O)c1. The summed E-state index contributed by atoms with van der Waals surface area (Å²) in [6.07, 6.45) is 0.506. The van der Waals surface area contributed by atoms with Crippen LogP contribution in [0.15, 0.2) is 18.2 Å². The van der Waals surface area contributed by atoms with Crippen molar-refractivity contribution < 1.29 is 15.0 Å². The predicted molar refractivity (Wildman–Crippen MR) is 83.2 cm³/mol. The summed E-state index contributed by atoms with van der Waals surface area (Å²) in [5.41, 5.74) is 0.286. The van der Waals surface area contributed by atoms with Crippen molar-refractivity contribution in [3.8, 4) is 5.75 Å². The Labute approximate surface area is 127 Å². The van der Waals surface area contributed by atoms with Gasteiger partial charge in [0.25, 0.3) is 5.91 Å². The highest BCUT2D eigenvalue weighted by Crippen LogP contribution is 2.23. The first-order chi connectivity index (χ1) is 8.75. The molecule has 1 unspecified atom stereocenters. The van der Waals surface area contributed by atoms with E-state index in [0.29, 0.717) is 15.6 Å². The fourth-order valence-corrected chi connectivity index (χ4v) is 2.08. The van der Waals surface area contributed by atoms with Crippen molar-refractivity contribution >= 4 is 28.5 Å². The van der Waals surface area contributed by atoms with Crippen LogP contribution in [0.5, 0.6) is 5.75 Å². The Morgan fingerprint density at radius 3 is 2.53 bits per heavy atom. The maximum Gasteiger partial charge on any atom is 0.251 e. The topological polar surface area (TPSA) is 69.6 Å². The van der Waals surface area contributed by atoms with Crippen LogP contribution in [0.25, 0.3) is 0 Å². The third-order valence-corrected chi connectivity index (χ3v) is 3.89. The minimum Gasteiger partial charge on any atom is -0.507 e. The van der Waals surface area contributed by atoms with E-state index < -0.39 is 0 Å². The van der Waals surface area contributed by atoms with Crippen LogP contribution in [-0.2, 0) is 0 Å². The predicted octanol–water partition coefficient (Wildman–Crippen LogP) is 2.52. The van der Waals surface area contributed by atoms with E-state index in [1.807, 2.05) is 43.4 Å². The van der Waals surface area contributed by atoms with Crippen LogP contribution in [0.1, 0.15) is 37.6 Å². The second-order valence-corrected chi connectivity index (χ2v) is 6.73. The van der Waals surface area contributed by atoms with Crippen LogP contribution in [0, 0.1) is 8.99 Å². The van der Waals surface area contributed by atoms with Gasteiger partial charge in [0.15, 0.2) is 0 Å². The molecule has 0 radical (unpaired) electrons. The monoisotopic (exact) mass is 377 g/mol. The largest absolute Gasteiger partial charge is 0.507 e. The van der Waals surface area contributed by atoms with Crippen molar-refractivity contribution in [1.82, 2.24) is 5.32 Å². The van der Waals surface area contributed by atoms with Gasteiger partial charge in [0, 0.05) is 18.2 Å². The first kappa shape index (κ1) is 16.2. The summed E-state index contributed by atoms with van der Waals surface area (Å²) in [5.74, 6) is -0.136. The molecule has 106 valence electrons. The number of nitrogens with one attached hydrogen (secondary N) is 1. The number of rotatable bonds is 4. The number of amides is 1. The van der Waals surface area contributed by atoms with Gasteiger partial charge in [-0.15, -0.1) is 0 Å². The van der Waals surface area contributed by atoms with Gasteiger partial charge >= 0.3 is 0 Å². The van der Waals surface area contributed by atoms with Gasteiger partial charge in [0.05, 0.1) is 3.57 Å². The molecule has 1 aromatic carbocycles. The molecule has 1 aromatic rings. The normalized spacial score (nSPS) is 13.1. The smallest absolute Gasteiger partial charge is 0.251 e. The summed E-state index contributed by atoms with van der Waals surface area (Å²) >= 11 is 2.00. The number of halogens is 1. The van der Waals surface area contributed by atoms with Gasteiger partial charge in [-0.25, -0.2) is 0 Å². The standard InChI is InChI=1S/C14H20INO3/c1-14(2,3)12(6-7-17)16-13(19)9-4-5-10(15)11(18)8-9/h4-5,8,12,17-18H,6-7H2,1-3H3,(H,16,19). The molecule has 5 heteroatoms. The molecule has 0 aliphatic rings. The van der Waals surface area contributed by atoms with Crippen LogP contribution >= 0.6 is 22.6 Å². The van der Waals surface area contributed by atoms with Crippen LogP contribution in [-0.4, -0.2) is 28.8 Å². The van der Waals surface area contributed by atoms with Gasteiger partial charge < -0.3 is 15.5 Å². The number of phenolic OH excluding ortho intramolecular Hbond substituents is 1. The van der Waals surface area contributed by atoms with Crippen LogP contribution in [0.3, 0.4) is 0 Å². The molecule has 0 heterocycles. The molecule has 0 aliphatic carbocycles. The Balaban J connectivity index is 2.84. The number of carbonyl (C=O) groups is 1. The van der Waals surface area contributed by atoms with Crippen molar-refractivity contribution in [3.63, 3.8) is 0 Å². The molecular formula is C14H20INO3. The molecule has 1 atom stereocenters. The average Bonchev–Trinajstić information content (AvgIpc) is 2.30. The van der Waals surface area contributed by atoms with Crippen molar-refractivity contribution in [1.29, 1.82) is 0 Å². The molecule has 0 saturated heterocycles. The molecule has 3 N–H and O–H groups in total. The lowest BCUT2D eigenvalue weighted by Gasteiger charge is -2.31. The molecule has 0 aliphatic heterocycles. The zero-order chi connectivity index (χ0) is 14.6. The molecular weight excluding hydrogens is 357 g/mol. The highest BCUT2D eigenvalue weighted by atomic mass is 127. The molecule has 4 nitrogen and oxygen atoms in total. The zero-order valence-corrected chi connectivity index (χ0v) is 13.6. The summed E-state index contributed by atoms with van der Waals surface area (Å²) < 4.78 is 0.705. The number of hydrogen-bond donors (Lipinski definition) is 3. The fourth-order valence-electron chi connectivity index (χ4n) is 1.75. The lowest BCUT2D eigenvalue weighted by atomic mass is 9.85. The van der Waals surface area contributed by atoms with Gasteiger partial charge in [-0.3, -0.25) is 4.79 Å². The van der Waals surface area contributed by atoms with Crippen molar-refractivity contribution in [3.05, 3.63) is 27.3 Å². The van der Waals surface area contributed by atoms with E-state index in [4.69, 9.17) is 5.11 Å². The second kappa shape index (κ2) is 6.56. The lowest BCUT2D eigenvalue weighted by Crippen LogP contribution is -2.44. The van der Waals surface area contributed by atoms with Crippen LogP contribution in [0.2, 0.25) is 0 Å². The molecule has 0 spiro atoms. The fraction of sp³-hybridized carbons (Fsp3) is 0.500. The van der Waals surface area contributed by atoms with Crippen molar-refractivity contribution in [2.75, 3.05) is 6.61 Å². The Kier molecular flexibility index (Phi) is 5.61. The number of aromatic hydroxyl groups is 1. The summed E-state index contributed by atoms with van der Waals surface area (Å²) in [7, 11) is 0. The molecule has 0 fully saturated rings. The number of phenols is 1. The summed E-state index contributed by atoms with van der Waals surface area (Å²) in [6.45, 7) is 6.07. The van der Waals surface area contributed by atoms with Gasteiger partial charge in [-0.05, 0) is 52.6 Å². The summed E-state index contributed by atoms with van der Waals surface area (Å²) in [4.78, 5) is 12.1. The average molecular weight is 377 g/mol. The highest BCUT2D eigenvalue weighted by molar-refractivity contribution is 14.1. The molecule has 19 heavy (non-hydrogen) atoms. The number of aliphatic hydroxyl groups is 1. The maximum atomic E-state index is 12.1. The molecule has 0 aromatic heterocycles.